The number of nitrogens with zero attached hydrogens (tertiary/aromatic N) is 1. The van der Waals surface area contributed by atoms with E-state index in [2.05, 4.69) is 89.1 Å². The molecule has 1 saturated heterocycles. The maximum Gasteiger partial charge on any atom is 0.109 e. The summed E-state index contributed by atoms with van der Waals surface area (Å²) in [5.74, 6) is 0. The van der Waals surface area contributed by atoms with Crippen LogP contribution in [0.2, 0.25) is 0 Å². The van der Waals surface area contributed by atoms with Gasteiger partial charge in [-0.15, -0.1) is 0 Å². The van der Waals surface area contributed by atoms with Crippen LogP contribution in [0.3, 0.4) is 0 Å². The molecule has 8 unspecified atom stereocenters. The first kappa shape index (κ1) is 35.2. The summed E-state index contributed by atoms with van der Waals surface area (Å²) < 4.78 is 2.14. The van der Waals surface area contributed by atoms with Crippen LogP contribution in [-0.4, -0.2) is 141 Å². The highest BCUT2D eigenvalue weighted by Crippen LogP contribution is 2.09. The third-order valence-corrected chi connectivity index (χ3v) is 7.33. The summed E-state index contributed by atoms with van der Waals surface area (Å²) >= 11 is 15.1. The molecular weight excluding hydrogens is 748 g/mol. The van der Waals surface area contributed by atoms with E-state index in [1.807, 2.05) is 0 Å². The van der Waals surface area contributed by atoms with Gasteiger partial charge >= 0.3 is 0 Å². The molecular formula is C16H33Br5N2O8. The minimum absolute atomic E-state index is 0.153. The molecule has 31 heavy (non-hydrogen) atoms. The van der Waals surface area contributed by atoms with Gasteiger partial charge in [0.1, 0.15) is 24.4 Å². The van der Waals surface area contributed by atoms with Gasteiger partial charge in [0, 0.05) is 63.6 Å². The smallest absolute Gasteiger partial charge is 0.109 e. The zero-order chi connectivity index (χ0) is 24.6. The van der Waals surface area contributed by atoms with Crippen molar-refractivity contribution in [3.8, 4) is 0 Å². The van der Waals surface area contributed by atoms with E-state index in [0.717, 1.165) is 26.2 Å². The molecule has 1 aliphatic rings. The van der Waals surface area contributed by atoms with Crippen LogP contribution in [0.25, 0.3) is 0 Å². The van der Waals surface area contributed by atoms with Crippen molar-refractivity contribution >= 4 is 79.9 Å². The van der Waals surface area contributed by atoms with Gasteiger partial charge in [-0.3, -0.25) is 0 Å². The van der Waals surface area contributed by atoms with Crippen LogP contribution in [0, 0.1) is 0 Å². The van der Waals surface area contributed by atoms with Crippen LogP contribution in [0.5, 0.6) is 0 Å². The van der Waals surface area contributed by atoms with E-state index >= 15 is 0 Å². The minimum atomic E-state index is -1.34. The third-order valence-electron chi connectivity index (χ3n) is 3.97. The van der Waals surface area contributed by atoms with Crippen molar-refractivity contribution in [2.45, 2.75) is 48.8 Å². The summed E-state index contributed by atoms with van der Waals surface area (Å²) in [6.07, 6.45) is -9.65. The van der Waals surface area contributed by atoms with E-state index in [0.29, 0.717) is 0 Å². The highest BCUT2D eigenvalue weighted by atomic mass is 79.9. The van der Waals surface area contributed by atoms with E-state index in [1.54, 1.807) is 0 Å². The van der Waals surface area contributed by atoms with E-state index in [1.165, 1.54) is 0 Å². The molecule has 1 rings (SSSR count). The van der Waals surface area contributed by atoms with Crippen molar-refractivity contribution < 1.29 is 40.9 Å². The van der Waals surface area contributed by atoms with Gasteiger partial charge in [-0.1, -0.05) is 63.7 Å². The van der Waals surface area contributed by atoms with Gasteiger partial charge in [0.25, 0.3) is 0 Å². The van der Waals surface area contributed by atoms with Gasteiger partial charge in [0.05, 0.1) is 24.4 Å². The van der Waals surface area contributed by atoms with E-state index in [9.17, 15) is 20.4 Å². The Bertz CT molecular complexity index is 362. The first-order valence-corrected chi connectivity index (χ1v) is 14.5. The number of nitrogens with one attached hydrogen (secondary N) is 1. The van der Waals surface area contributed by atoms with Crippen LogP contribution in [0.15, 0.2) is 0 Å². The molecule has 0 spiro atoms. The van der Waals surface area contributed by atoms with Gasteiger partial charge in [-0.05, 0) is 0 Å². The lowest BCUT2D eigenvalue weighted by Crippen LogP contribution is -2.45. The largest absolute Gasteiger partial charge is 0.389 e. The Kier molecular flexibility index (Phi) is 24.2. The van der Waals surface area contributed by atoms with Crippen LogP contribution >= 0.6 is 79.9 Å². The summed E-state index contributed by atoms with van der Waals surface area (Å²) in [6, 6.07) is 0. The van der Waals surface area contributed by atoms with Crippen molar-refractivity contribution in [3.05, 3.63) is 0 Å². The molecule has 15 heteroatoms. The average molecular weight is 781 g/mol. The minimum Gasteiger partial charge on any atom is -0.389 e. The molecule has 0 radical (unpaired) electrons. The Morgan fingerprint density at radius 2 is 0.774 bits per heavy atom. The number of alkyl halides is 4. The van der Waals surface area contributed by atoms with Gasteiger partial charge in [0.2, 0.25) is 0 Å². The molecule has 0 aromatic carbocycles. The first-order chi connectivity index (χ1) is 14.5. The highest BCUT2D eigenvalue weighted by Gasteiger charge is 2.29. The van der Waals surface area contributed by atoms with Crippen molar-refractivity contribution in [3.63, 3.8) is 0 Å². The summed E-state index contributed by atoms with van der Waals surface area (Å²) in [7, 11) is 0. The van der Waals surface area contributed by atoms with Gasteiger partial charge in [-0.2, -0.15) is 0 Å². The molecule has 190 valence electrons. The number of rotatable bonds is 10. The number of hydrogen-bond donors (Lipinski definition) is 9. The molecule has 1 heterocycles. The highest BCUT2D eigenvalue weighted by molar-refractivity contribution is 9.09. The predicted molar refractivity (Wildman–Crippen MR) is 137 cm³/mol. The van der Waals surface area contributed by atoms with E-state index in [4.69, 9.17) is 20.4 Å². The molecule has 0 aliphatic carbocycles. The zero-order valence-corrected chi connectivity index (χ0v) is 24.6. The number of aliphatic hydroxyl groups excluding tert-OH is 8. The molecule has 0 aromatic rings. The average Bonchev–Trinajstić information content (AvgIpc) is 2.81. The third kappa shape index (κ3) is 16.3. The Morgan fingerprint density at radius 1 is 0.548 bits per heavy atom. The quantitative estimate of drug-likeness (QED) is 0.0952. The second-order valence-corrected chi connectivity index (χ2v) is 10.1. The molecule has 0 amide bonds. The Morgan fingerprint density at radius 3 is 0.903 bits per heavy atom. The summed E-state index contributed by atoms with van der Waals surface area (Å²) in [6.45, 7) is 4.48. The second-order valence-electron chi connectivity index (χ2n) is 6.51. The predicted octanol–water partition coefficient (Wildman–Crippen LogP) is -1.36. The van der Waals surface area contributed by atoms with Crippen LogP contribution in [0.1, 0.15) is 0 Å². The fourth-order valence-electron chi connectivity index (χ4n) is 1.91. The standard InChI is InChI=1S/2C6H12Br2O4.C4H9BrN2/c2*7-1-3(9)5(11)6(12)4(10)2-8;5-7-3-1-6-2-4-7/h2*3-6,9-12H,1-2H2;6H,1-4H2. The molecule has 0 aromatic heterocycles. The lowest BCUT2D eigenvalue weighted by atomic mass is 10.1. The number of halogens is 5. The van der Waals surface area contributed by atoms with E-state index < -0.39 is 48.8 Å². The summed E-state index contributed by atoms with van der Waals surface area (Å²) in [4.78, 5) is 0. The topological polar surface area (TPSA) is 177 Å². The van der Waals surface area contributed by atoms with Crippen molar-refractivity contribution in [2.24, 2.45) is 0 Å². The van der Waals surface area contributed by atoms with Crippen LogP contribution in [0.4, 0.5) is 0 Å². The van der Waals surface area contributed by atoms with Crippen LogP contribution < -0.4 is 5.32 Å². The number of hydrogen-bond acceptors (Lipinski definition) is 10. The lowest BCUT2D eigenvalue weighted by Gasteiger charge is -2.24. The molecule has 0 bridgehead atoms. The number of piperazine rings is 1. The maximum atomic E-state index is 9.18. The van der Waals surface area contributed by atoms with E-state index in [-0.39, 0.29) is 21.3 Å². The molecule has 1 fully saturated rings. The van der Waals surface area contributed by atoms with Crippen molar-refractivity contribution in [1.82, 2.24) is 9.24 Å². The summed E-state index contributed by atoms with van der Waals surface area (Å²) in [5.41, 5.74) is 0. The molecule has 1 aliphatic heterocycles. The van der Waals surface area contributed by atoms with Crippen LogP contribution in [-0.2, 0) is 0 Å². The molecule has 10 nitrogen and oxygen atoms in total. The normalized spacial score (nSPS) is 22.4. The first-order valence-electron chi connectivity index (χ1n) is 9.28. The van der Waals surface area contributed by atoms with Gasteiger partial charge in [0.15, 0.2) is 0 Å². The molecule has 8 atom stereocenters. The molecule has 9 N–H and O–H groups in total. The monoisotopic (exact) mass is 776 g/mol. The van der Waals surface area contributed by atoms with Crippen molar-refractivity contribution in [2.75, 3.05) is 47.5 Å². The van der Waals surface area contributed by atoms with Gasteiger partial charge < -0.3 is 46.2 Å². The lowest BCUT2D eigenvalue weighted by molar-refractivity contribution is -0.0916. The fraction of sp³-hybridized carbons (Fsp3) is 1.00. The maximum absolute atomic E-state index is 9.18. The Balaban J connectivity index is 0. The second kappa shape index (κ2) is 21.3. The number of aliphatic hydroxyl groups is 8. The fourth-order valence-corrected chi connectivity index (χ4v) is 3.80. The molecule has 0 saturated carbocycles. The van der Waals surface area contributed by atoms with Gasteiger partial charge in [-0.25, -0.2) is 3.93 Å². The zero-order valence-electron chi connectivity index (χ0n) is 16.7. The SMILES string of the molecule is BrN1CCNCC1.OC(CBr)C(O)C(O)C(O)CBr.OC(CBr)C(O)C(O)C(O)CBr. The Hall–Kier alpha value is 2.00. The Labute approximate surface area is 224 Å². The summed E-state index contributed by atoms with van der Waals surface area (Å²) in [5, 5.41) is 76.8. The van der Waals surface area contributed by atoms with Crippen molar-refractivity contribution in [1.29, 1.82) is 0 Å².